The van der Waals surface area contributed by atoms with E-state index in [0.29, 0.717) is 43.7 Å². The first-order valence-corrected chi connectivity index (χ1v) is 19.8. The maximum atomic E-state index is 14.6. The summed E-state index contributed by atoms with van der Waals surface area (Å²) < 4.78 is 6.09. The number of nitrogens with zero attached hydrogens (tertiary/aromatic N) is 5. The fourth-order valence-corrected chi connectivity index (χ4v) is 8.87. The molecular formula is C39H59N7O3S. The van der Waals surface area contributed by atoms with Crippen LogP contribution in [0.15, 0.2) is 52.8 Å². The zero-order chi connectivity index (χ0) is 35.1. The third-order valence-corrected chi connectivity index (χ3v) is 12.3. The predicted molar refractivity (Wildman–Crippen MR) is 201 cm³/mol. The second-order valence-corrected chi connectivity index (χ2v) is 16.5. The Hall–Kier alpha value is -2.99. The molecule has 3 aliphatic heterocycles. The quantitative estimate of drug-likeness (QED) is 0.296. The van der Waals surface area contributed by atoms with E-state index >= 15 is 0 Å². The van der Waals surface area contributed by atoms with E-state index in [4.69, 9.17) is 9.73 Å². The van der Waals surface area contributed by atoms with Crippen LogP contribution in [0.3, 0.4) is 0 Å². The van der Waals surface area contributed by atoms with Gasteiger partial charge in [0.1, 0.15) is 12.1 Å². The number of likely N-dealkylation sites (tertiary alicyclic amines) is 1. The molecular weight excluding hydrogens is 647 g/mol. The number of aliphatic imine (C=N–C) groups is 1. The van der Waals surface area contributed by atoms with Crippen LogP contribution in [-0.2, 0) is 27.4 Å². The van der Waals surface area contributed by atoms with Crippen LogP contribution in [0.4, 0.5) is 0 Å². The van der Waals surface area contributed by atoms with Crippen molar-refractivity contribution in [3.8, 4) is 0 Å². The first-order valence-electron chi connectivity index (χ1n) is 18.9. The Balaban J connectivity index is 1.11. The molecule has 6 rings (SSSR count). The lowest BCUT2D eigenvalue weighted by molar-refractivity contribution is -0.145. The van der Waals surface area contributed by atoms with Crippen LogP contribution in [0.25, 0.3) is 0 Å². The molecule has 0 unspecified atom stereocenters. The Bertz CT molecular complexity index is 1410. The summed E-state index contributed by atoms with van der Waals surface area (Å²) in [5.74, 6) is -0.0691. The molecule has 0 bridgehead atoms. The second kappa shape index (κ2) is 17.0. The minimum atomic E-state index is -0.622. The molecule has 3 fully saturated rings. The van der Waals surface area contributed by atoms with Crippen molar-refractivity contribution >= 4 is 29.2 Å². The molecule has 1 saturated carbocycles. The van der Waals surface area contributed by atoms with Crippen LogP contribution in [-0.4, -0.2) is 121 Å². The number of amides is 2. The van der Waals surface area contributed by atoms with Gasteiger partial charge in [-0.1, -0.05) is 42.8 Å². The fourth-order valence-electron chi connectivity index (χ4n) is 8.23. The molecule has 1 aromatic carbocycles. The topological polar surface area (TPSA) is 92.8 Å². The van der Waals surface area contributed by atoms with E-state index in [2.05, 4.69) is 76.7 Å². The number of thiophene rings is 1. The molecule has 10 nitrogen and oxygen atoms in total. The van der Waals surface area contributed by atoms with Crippen LogP contribution in [0.2, 0.25) is 0 Å². The highest BCUT2D eigenvalue weighted by Crippen LogP contribution is 2.44. The highest BCUT2D eigenvalue weighted by molar-refractivity contribution is 7.09. The second-order valence-electron chi connectivity index (χ2n) is 15.5. The molecule has 0 radical (unpaired) electrons. The van der Waals surface area contributed by atoms with Crippen molar-refractivity contribution in [3.63, 3.8) is 0 Å². The van der Waals surface area contributed by atoms with E-state index < -0.39 is 6.04 Å². The third kappa shape index (κ3) is 9.46. The Kier molecular flexibility index (Phi) is 12.5. The van der Waals surface area contributed by atoms with Gasteiger partial charge in [0.2, 0.25) is 11.8 Å². The molecule has 2 amide bonds. The summed E-state index contributed by atoms with van der Waals surface area (Å²) in [6.45, 7) is 10.3. The van der Waals surface area contributed by atoms with Crippen LogP contribution in [0.1, 0.15) is 75.7 Å². The van der Waals surface area contributed by atoms with Gasteiger partial charge in [-0.3, -0.25) is 14.5 Å². The molecule has 274 valence electrons. The maximum absolute atomic E-state index is 14.6. The van der Waals surface area contributed by atoms with Crippen molar-refractivity contribution in [2.24, 2.45) is 10.4 Å². The SMILES string of the molecule is C[C@@H]1N=C(N2CCN(C(=O)[C@@H](CCCCN(C)C)NC3CCC4(CC3)CCN(Cc3ccccc3)C4)[C@H](C(=O)NCc3cccs3)C2)O[C@H]1C. The lowest BCUT2D eigenvalue weighted by Gasteiger charge is -2.43. The van der Waals surface area contributed by atoms with E-state index in [1.807, 2.05) is 29.3 Å². The van der Waals surface area contributed by atoms with Crippen LogP contribution < -0.4 is 10.6 Å². The number of hydrogen-bond acceptors (Lipinski definition) is 9. The number of nitrogens with one attached hydrogen (secondary N) is 2. The number of benzene rings is 1. The van der Waals surface area contributed by atoms with Crippen molar-refractivity contribution in [1.29, 1.82) is 0 Å². The van der Waals surface area contributed by atoms with Crippen LogP contribution in [0, 0.1) is 5.41 Å². The van der Waals surface area contributed by atoms with Gasteiger partial charge in [-0.05, 0) is 108 Å². The maximum Gasteiger partial charge on any atom is 0.288 e. The number of hydrogen-bond donors (Lipinski definition) is 2. The van der Waals surface area contributed by atoms with Gasteiger partial charge in [0.15, 0.2) is 0 Å². The monoisotopic (exact) mass is 705 g/mol. The molecule has 4 atom stereocenters. The fraction of sp³-hybridized carbons (Fsp3) is 0.667. The largest absolute Gasteiger partial charge is 0.460 e. The molecule has 1 aliphatic carbocycles. The molecule has 1 aromatic heterocycles. The van der Waals surface area contributed by atoms with Gasteiger partial charge < -0.3 is 30.1 Å². The molecule has 2 N–H and O–H groups in total. The average molecular weight is 706 g/mol. The Morgan fingerprint density at radius 2 is 1.84 bits per heavy atom. The van der Waals surface area contributed by atoms with Crippen molar-refractivity contribution < 1.29 is 14.3 Å². The number of carbonyl (C=O) groups excluding carboxylic acids is 2. The van der Waals surface area contributed by atoms with Gasteiger partial charge in [0.25, 0.3) is 6.02 Å². The molecule has 2 aromatic rings. The van der Waals surface area contributed by atoms with Crippen molar-refractivity contribution in [1.82, 2.24) is 30.2 Å². The summed E-state index contributed by atoms with van der Waals surface area (Å²) in [7, 11) is 4.20. The van der Waals surface area contributed by atoms with Gasteiger partial charge in [0, 0.05) is 37.1 Å². The third-order valence-electron chi connectivity index (χ3n) is 11.4. The average Bonchev–Trinajstić information content (AvgIpc) is 3.87. The van der Waals surface area contributed by atoms with Crippen LogP contribution in [0.5, 0.6) is 0 Å². The van der Waals surface area contributed by atoms with E-state index in [1.165, 1.54) is 31.4 Å². The normalized spacial score (nSPS) is 27.8. The Morgan fingerprint density at radius 3 is 2.54 bits per heavy atom. The van der Waals surface area contributed by atoms with E-state index in [9.17, 15) is 9.59 Å². The van der Waals surface area contributed by atoms with Crippen molar-refractivity contribution in [2.75, 3.05) is 53.4 Å². The van der Waals surface area contributed by atoms with Crippen molar-refractivity contribution in [3.05, 3.63) is 58.3 Å². The number of piperazine rings is 1. The molecule has 4 heterocycles. The summed E-state index contributed by atoms with van der Waals surface area (Å²) in [5, 5.41) is 9.04. The van der Waals surface area contributed by atoms with E-state index in [-0.39, 0.29) is 30.0 Å². The standard InChI is InChI=1S/C39H59N7O3S/c1-29-30(2)49-38(41-29)45-22-23-46(35(27-45)36(47)40-25-33-13-10-24-50-33)37(48)34(14-8-9-20-43(3)4)42-32-15-17-39(18-16-32)19-21-44(28-39)26-31-11-6-5-7-12-31/h5-7,10-13,24,29-30,32,34-35,42H,8-9,14-23,25-28H2,1-4H3,(H,40,47)/t29-,30-,32?,34+,35-,39?/m0/s1. The highest BCUT2D eigenvalue weighted by atomic mass is 32.1. The highest BCUT2D eigenvalue weighted by Gasteiger charge is 2.43. The number of amidine groups is 1. The Labute approximate surface area is 303 Å². The summed E-state index contributed by atoms with van der Waals surface area (Å²) >= 11 is 1.62. The van der Waals surface area contributed by atoms with E-state index in [0.717, 1.165) is 56.6 Å². The number of ether oxygens (including phenoxy) is 1. The van der Waals surface area contributed by atoms with Gasteiger partial charge in [-0.15, -0.1) is 11.3 Å². The summed E-state index contributed by atoms with van der Waals surface area (Å²) in [6.07, 6.45) is 8.60. The van der Waals surface area contributed by atoms with Gasteiger partial charge in [-0.2, -0.15) is 0 Å². The van der Waals surface area contributed by atoms with Gasteiger partial charge >= 0.3 is 0 Å². The Morgan fingerprint density at radius 1 is 1.04 bits per heavy atom. The molecule has 4 aliphatic rings. The minimum absolute atomic E-state index is 0.00249. The van der Waals surface area contributed by atoms with Gasteiger partial charge in [-0.25, -0.2) is 4.99 Å². The smallest absolute Gasteiger partial charge is 0.288 e. The molecule has 11 heteroatoms. The lowest BCUT2D eigenvalue weighted by atomic mass is 9.72. The predicted octanol–water partition coefficient (Wildman–Crippen LogP) is 4.57. The van der Waals surface area contributed by atoms with Crippen molar-refractivity contribution in [2.45, 2.75) is 109 Å². The summed E-state index contributed by atoms with van der Waals surface area (Å²) in [6, 6.07) is 14.9. The first kappa shape index (κ1) is 36.8. The van der Waals surface area contributed by atoms with Crippen LogP contribution >= 0.6 is 11.3 Å². The number of carbonyl (C=O) groups is 2. The first-order chi connectivity index (χ1) is 24.2. The summed E-state index contributed by atoms with van der Waals surface area (Å²) in [5.41, 5.74) is 1.78. The molecule has 1 spiro atoms. The minimum Gasteiger partial charge on any atom is -0.460 e. The summed E-state index contributed by atoms with van der Waals surface area (Å²) in [4.78, 5) is 43.1. The molecule has 2 saturated heterocycles. The lowest BCUT2D eigenvalue weighted by Crippen LogP contribution is -2.64. The zero-order valence-corrected chi connectivity index (χ0v) is 31.5. The molecule has 50 heavy (non-hydrogen) atoms. The number of rotatable bonds is 13. The number of unbranched alkanes of at least 4 members (excludes halogenated alkanes) is 1. The van der Waals surface area contributed by atoms with E-state index in [1.54, 1.807) is 11.3 Å². The van der Waals surface area contributed by atoms with Gasteiger partial charge in [0.05, 0.1) is 25.2 Å². The zero-order valence-electron chi connectivity index (χ0n) is 30.7.